The molecule has 0 fully saturated rings. The molecule has 1 heterocycles. The molecule has 6 heteroatoms. The van der Waals surface area contributed by atoms with Crippen LogP contribution in [0.25, 0.3) is 11.3 Å². The lowest BCUT2D eigenvalue weighted by molar-refractivity contribution is -0.138. The van der Waals surface area contributed by atoms with Gasteiger partial charge in [-0.3, -0.25) is 9.69 Å². The van der Waals surface area contributed by atoms with Crippen molar-refractivity contribution in [1.29, 1.82) is 0 Å². The van der Waals surface area contributed by atoms with Crippen molar-refractivity contribution in [3.63, 3.8) is 0 Å². The van der Waals surface area contributed by atoms with Crippen LogP contribution in [-0.2, 0) is 24.4 Å². The monoisotopic (exact) mass is 569 g/mol. The summed E-state index contributed by atoms with van der Waals surface area (Å²) in [6.45, 7) is 15.1. The molecule has 0 unspecified atom stereocenters. The van der Waals surface area contributed by atoms with Gasteiger partial charge in [0.25, 0.3) is 0 Å². The quantitative estimate of drug-likeness (QED) is 0.175. The van der Waals surface area contributed by atoms with Crippen molar-refractivity contribution in [2.24, 2.45) is 0 Å². The van der Waals surface area contributed by atoms with Gasteiger partial charge in [0.05, 0.1) is 18.8 Å². The summed E-state index contributed by atoms with van der Waals surface area (Å²) in [7, 11) is 0. The molecule has 0 aliphatic heterocycles. The second-order valence-corrected chi connectivity index (χ2v) is 12.7. The van der Waals surface area contributed by atoms with Crippen molar-refractivity contribution in [2.45, 2.75) is 79.1 Å². The second kappa shape index (κ2) is 13.9. The lowest BCUT2D eigenvalue weighted by Gasteiger charge is -2.29. The van der Waals surface area contributed by atoms with Gasteiger partial charge in [-0.25, -0.2) is 4.98 Å². The number of aromatic nitrogens is 1. The fourth-order valence-electron chi connectivity index (χ4n) is 4.93. The number of thiazole rings is 1. The van der Waals surface area contributed by atoms with Gasteiger partial charge in [-0.1, -0.05) is 88.4 Å². The molecule has 41 heavy (non-hydrogen) atoms. The third kappa shape index (κ3) is 8.51. The standard InChI is InChI=1S/C35H43N3O2S/c1-24(2)29-11-7-27(8-12-29)19-37(22-35(39)40)21-34-36-33(23-41-34)31-15-17-32(18-16-31)38(26(5)6)20-28-9-13-30(14-10-28)25(3)4/h7-18,23-26H,19-22H2,1-6H3,(H,39,40). The first kappa shape index (κ1) is 30.5. The van der Waals surface area contributed by atoms with Crippen LogP contribution in [0.3, 0.4) is 0 Å². The van der Waals surface area contributed by atoms with Crippen LogP contribution >= 0.6 is 11.3 Å². The van der Waals surface area contributed by atoms with E-state index in [1.54, 1.807) is 11.3 Å². The number of carboxylic acid groups (broad SMARTS) is 1. The molecular formula is C35H43N3O2S. The minimum absolute atomic E-state index is 0.0270. The second-order valence-electron chi connectivity index (χ2n) is 11.7. The first-order chi connectivity index (χ1) is 19.6. The van der Waals surface area contributed by atoms with Crippen molar-refractivity contribution in [3.05, 3.63) is 105 Å². The van der Waals surface area contributed by atoms with E-state index in [2.05, 4.69) is 125 Å². The van der Waals surface area contributed by atoms with Crippen LogP contribution in [0.5, 0.6) is 0 Å². The van der Waals surface area contributed by atoms with Crippen LogP contribution in [0, 0.1) is 0 Å². The van der Waals surface area contributed by atoms with E-state index in [0.29, 0.717) is 31.0 Å². The molecule has 0 aliphatic rings. The molecule has 4 rings (SSSR count). The summed E-state index contributed by atoms with van der Waals surface area (Å²) < 4.78 is 0. The maximum Gasteiger partial charge on any atom is 0.317 e. The molecule has 3 aromatic carbocycles. The smallest absolute Gasteiger partial charge is 0.317 e. The fraction of sp³-hybridized carbons (Fsp3) is 0.371. The topological polar surface area (TPSA) is 56.7 Å². The zero-order chi connectivity index (χ0) is 29.5. The van der Waals surface area contributed by atoms with Crippen LogP contribution in [0.4, 0.5) is 5.69 Å². The van der Waals surface area contributed by atoms with E-state index in [1.807, 2.05) is 4.90 Å². The molecule has 0 saturated carbocycles. The van der Waals surface area contributed by atoms with Gasteiger partial charge in [0.1, 0.15) is 5.01 Å². The molecule has 4 aromatic rings. The van der Waals surface area contributed by atoms with E-state index >= 15 is 0 Å². The van der Waals surface area contributed by atoms with E-state index in [9.17, 15) is 9.90 Å². The predicted molar refractivity (Wildman–Crippen MR) is 172 cm³/mol. The summed E-state index contributed by atoms with van der Waals surface area (Å²) in [6, 6.07) is 26.4. The number of aliphatic carboxylic acids is 1. The molecule has 5 nitrogen and oxygen atoms in total. The first-order valence-electron chi connectivity index (χ1n) is 14.5. The van der Waals surface area contributed by atoms with Crippen molar-refractivity contribution >= 4 is 23.0 Å². The van der Waals surface area contributed by atoms with Crippen molar-refractivity contribution < 1.29 is 9.90 Å². The normalized spacial score (nSPS) is 11.7. The van der Waals surface area contributed by atoms with Gasteiger partial charge in [0, 0.05) is 35.8 Å². The molecule has 0 aliphatic carbocycles. The molecule has 1 aromatic heterocycles. The average molecular weight is 570 g/mol. The number of hydrogen-bond donors (Lipinski definition) is 1. The number of hydrogen-bond acceptors (Lipinski definition) is 5. The predicted octanol–water partition coefficient (Wildman–Crippen LogP) is 8.56. The first-order valence-corrected chi connectivity index (χ1v) is 15.4. The van der Waals surface area contributed by atoms with Crippen LogP contribution in [-0.4, -0.2) is 33.5 Å². The summed E-state index contributed by atoms with van der Waals surface area (Å²) in [5.41, 5.74) is 8.23. The minimum Gasteiger partial charge on any atom is -0.480 e. The number of carbonyl (C=O) groups is 1. The van der Waals surface area contributed by atoms with Gasteiger partial charge in [0.15, 0.2) is 0 Å². The Morgan fingerprint density at radius 2 is 1.29 bits per heavy atom. The summed E-state index contributed by atoms with van der Waals surface area (Å²) in [6.07, 6.45) is 0. The van der Waals surface area contributed by atoms with Crippen LogP contribution in [0.2, 0.25) is 0 Å². The summed E-state index contributed by atoms with van der Waals surface area (Å²) in [4.78, 5) is 20.8. The van der Waals surface area contributed by atoms with Gasteiger partial charge < -0.3 is 10.0 Å². The SMILES string of the molecule is CC(C)c1ccc(CN(CC(=O)O)Cc2nc(-c3ccc(N(Cc4ccc(C(C)C)cc4)C(C)C)cc3)cs2)cc1. The van der Waals surface area contributed by atoms with Gasteiger partial charge in [-0.15, -0.1) is 11.3 Å². The maximum atomic E-state index is 11.6. The Morgan fingerprint density at radius 3 is 1.78 bits per heavy atom. The van der Waals surface area contributed by atoms with Crippen molar-refractivity contribution in [2.75, 3.05) is 11.4 Å². The van der Waals surface area contributed by atoms with E-state index in [-0.39, 0.29) is 6.54 Å². The summed E-state index contributed by atoms with van der Waals surface area (Å²) >= 11 is 1.58. The van der Waals surface area contributed by atoms with Gasteiger partial charge in [-0.05, 0) is 60.1 Å². The van der Waals surface area contributed by atoms with E-state index in [4.69, 9.17) is 4.98 Å². The Balaban J connectivity index is 1.44. The molecule has 0 amide bonds. The highest BCUT2D eigenvalue weighted by Crippen LogP contribution is 2.28. The highest BCUT2D eigenvalue weighted by Gasteiger charge is 2.16. The highest BCUT2D eigenvalue weighted by molar-refractivity contribution is 7.09. The molecule has 0 atom stereocenters. The Hall–Kier alpha value is -3.48. The third-order valence-electron chi connectivity index (χ3n) is 7.44. The minimum atomic E-state index is -0.832. The van der Waals surface area contributed by atoms with E-state index in [0.717, 1.165) is 28.4 Å². The molecule has 0 bridgehead atoms. The van der Waals surface area contributed by atoms with Gasteiger partial charge in [0.2, 0.25) is 0 Å². The molecule has 0 radical (unpaired) electrons. The Bertz CT molecular complexity index is 1390. The Labute approximate surface area is 249 Å². The molecule has 0 spiro atoms. The number of nitrogens with zero attached hydrogens (tertiary/aromatic N) is 3. The van der Waals surface area contributed by atoms with Crippen molar-refractivity contribution in [3.8, 4) is 11.3 Å². The third-order valence-corrected chi connectivity index (χ3v) is 8.27. The summed E-state index contributed by atoms with van der Waals surface area (Å²) in [5.74, 6) is 0.172. The van der Waals surface area contributed by atoms with E-state index < -0.39 is 5.97 Å². The molecule has 1 N–H and O–H groups in total. The van der Waals surface area contributed by atoms with Gasteiger partial charge >= 0.3 is 5.97 Å². The van der Waals surface area contributed by atoms with Crippen LogP contribution in [0.15, 0.2) is 78.2 Å². The Kier molecular flexibility index (Phi) is 10.4. The molecule has 0 saturated heterocycles. The van der Waals surface area contributed by atoms with Gasteiger partial charge in [-0.2, -0.15) is 0 Å². The largest absolute Gasteiger partial charge is 0.480 e. The van der Waals surface area contributed by atoms with E-state index in [1.165, 1.54) is 22.4 Å². The zero-order valence-corrected chi connectivity index (χ0v) is 26.0. The fourth-order valence-corrected chi connectivity index (χ4v) is 5.78. The lowest BCUT2D eigenvalue weighted by Crippen LogP contribution is -2.30. The lowest BCUT2D eigenvalue weighted by atomic mass is 10.0. The number of carboxylic acids is 1. The highest BCUT2D eigenvalue weighted by atomic mass is 32.1. The average Bonchev–Trinajstić information content (AvgIpc) is 3.40. The summed E-state index contributed by atoms with van der Waals surface area (Å²) in [5, 5.41) is 12.5. The molecule has 216 valence electrons. The number of anilines is 1. The van der Waals surface area contributed by atoms with Crippen LogP contribution in [0.1, 0.15) is 80.6 Å². The zero-order valence-electron chi connectivity index (χ0n) is 25.2. The number of rotatable bonds is 13. The number of benzene rings is 3. The maximum absolute atomic E-state index is 11.6. The van der Waals surface area contributed by atoms with Crippen molar-refractivity contribution in [1.82, 2.24) is 9.88 Å². The molecular weight excluding hydrogens is 526 g/mol. The van der Waals surface area contributed by atoms with Crippen LogP contribution < -0.4 is 4.90 Å². The Morgan fingerprint density at radius 1 is 0.756 bits per heavy atom.